The Morgan fingerprint density at radius 1 is 1.08 bits per heavy atom. The molecule has 4 N–H and O–H groups in total. The lowest BCUT2D eigenvalue weighted by molar-refractivity contribution is 0.0908. The molecule has 0 spiro atoms. The molecule has 1 aromatic carbocycles. The average molecular weight is 388 g/mol. The van der Waals surface area contributed by atoms with E-state index in [1.165, 1.54) is 12.1 Å². The highest BCUT2D eigenvalue weighted by Crippen LogP contribution is 2.24. The average Bonchev–Trinajstić information content (AvgIpc) is 3.38. The van der Waals surface area contributed by atoms with Gasteiger partial charge in [-0.2, -0.15) is 0 Å². The van der Waals surface area contributed by atoms with Crippen molar-refractivity contribution in [1.82, 2.24) is 10.0 Å². The monoisotopic (exact) mass is 387 g/mol. The number of carbonyl (C=O) groups is 1. The first-order valence-corrected chi connectivity index (χ1v) is 10.1. The summed E-state index contributed by atoms with van der Waals surface area (Å²) >= 11 is 0. The highest BCUT2D eigenvalue weighted by Gasteiger charge is 2.28. The van der Waals surface area contributed by atoms with E-state index in [2.05, 4.69) is 10.0 Å². The minimum Gasteiger partial charge on any atom is -0.349 e. The minimum absolute atomic E-state index is 0. The SMILES string of the molecule is Cl.NCC1CCCCC1NC(=O)c1ccc(S(=O)(=O)NC2CC2)cc1. The molecule has 0 heterocycles. The van der Waals surface area contributed by atoms with Crippen LogP contribution in [-0.4, -0.2) is 33.0 Å². The number of nitrogens with two attached hydrogens (primary N) is 1. The molecule has 6 nitrogen and oxygen atoms in total. The Kier molecular flexibility index (Phi) is 6.85. The van der Waals surface area contributed by atoms with Gasteiger partial charge in [0.05, 0.1) is 4.90 Å². The predicted molar refractivity (Wildman–Crippen MR) is 99.3 cm³/mol. The van der Waals surface area contributed by atoms with Crippen LogP contribution in [0.2, 0.25) is 0 Å². The quantitative estimate of drug-likeness (QED) is 0.692. The molecule has 2 fully saturated rings. The van der Waals surface area contributed by atoms with Crippen molar-refractivity contribution in [1.29, 1.82) is 0 Å². The lowest BCUT2D eigenvalue weighted by Crippen LogP contribution is -2.44. The predicted octanol–water partition coefficient (Wildman–Crippen LogP) is 1.80. The van der Waals surface area contributed by atoms with Gasteiger partial charge in [0.25, 0.3) is 5.91 Å². The summed E-state index contributed by atoms with van der Waals surface area (Å²) in [5.74, 6) is 0.157. The molecule has 0 radical (unpaired) electrons. The van der Waals surface area contributed by atoms with Gasteiger partial charge < -0.3 is 11.1 Å². The number of carbonyl (C=O) groups excluding carboxylic acids is 1. The molecule has 0 aromatic heterocycles. The van der Waals surface area contributed by atoms with Crippen LogP contribution in [-0.2, 0) is 10.0 Å². The number of halogens is 1. The topological polar surface area (TPSA) is 101 Å². The summed E-state index contributed by atoms with van der Waals surface area (Å²) in [7, 11) is -3.48. The molecule has 3 rings (SSSR count). The second-order valence-corrected chi connectivity index (χ2v) is 8.49. The Labute approximate surface area is 155 Å². The largest absolute Gasteiger partial charge is 0.349 e. The molecule has 1 amide bonds. The summed E-state index contributed by atoms with van der Waals surface area (Å²) < 4.78 is 26.9. The van der Waals surface area contributed by atoms with Crippen molar-refractivity contribution in [2.24, 2.45) is 11.7 Å². The van der Waals surface area contributed by atoms with E-state index in [1.807, 2.05) is 0 Å². The van der Waals surface area contributed by atoms with Crippen LogP contribution >= 0.6 is 12.4 Å². The van der Waals surface area contributed by atoms with Gasteiger partial charge in [0.1, 0.15) is 0 Å². The van der Waals surface area contributed by atoms with Crippen LogP contribution in [0.25, 0.3) is 0 Å². The first-order valence-electron chi connectivity index (χ1n) is 8.63. The van der Waals surface area contributed by atoms with Crippen LogP contribution in [0.4, 0.5) is 0 Å². The van der Waals surface area contributed by atoms with E-state index < -0.39 is 10.0 Å². The van der Waals surface area contributed by atoms with Gasteiger partial charge >= 0.3 is 0 Å². The van der Waals surface area contributed by atoms with E-state index in [1.54, 1.807) is 12.1 Å². The summed E-state index contributed by atoms with van der Waals surface area (Å²) in [4.78, 5) is 12.6. The maximum atomic E-state index is 12.4. The van der Waals surface area contributed by atoms with E-state index in [9.17, 15) is 13.2 Å². The first kappa shape index (κ1) is 20.2. The number of hydrogen-bond acceptors (Lipinski definition) is 4. The zero-order valence-corrected chi connectivity index (χ0v) is 15.7. The van der Waals surface area contributed by atoms with Crippen LogP contribution < -0.4 is 15.8 Å². The third kappa shape index (κ3) is 5.17. The van der Waals surface area contributed by atoms with Crippen molar-refractivity contribution in [3.63, 3.8) is 0 Å². The number of amides is 1. The molecular weight excluding hydrogens is 362 g/mol. The van der Waals surface area contributed by atoms with Gasteiger partial charge in [0.15, 0.2) is 0 Å². The number of hydrogen-bond donors (Lipinski definition) is 3. The molecule has 25 heavy (non-hydrogen) atoms. The Balaban J connectivity index is 0.00000225. The molecular formula is C17H26ClN3O3S. The molecule has 2 atom stereocenters. The lowest BCUT2D eigenvalue weighted by atomic mass is 9.84. The fraction of sp³-hybridized carbons (Fsp3) is 0.588. The molecule has 0 bridgehead atoms. The van der Waals surface area contributed by atoms with Crippen LogP contribution in [0.3, 0.4) is 0 Å². The summed E-state index contributed by atoms with van der Waals surface area (Å²) in [6.45, 7) is 0.578. The molecule has 0 aliphatic heterocycles. The van der Waals surface area contributed by atoms with Gasteiger partial charge in [-0.3, -0.25) is 4.79 Å². The van der Waals surface area contributed by atoms with Crippen molar-refractivity contribution >= 4 is 28.3 Å². The van der Waals surface area contributed by atoms with E-state index in [0.717, 1.165) is 38.5 Å². The molecule has 8 heteroatoms. The molecule has 2 unspecified atom stereocenters. The summed E-state index contributed by atoms with van der Waals surface area (Å²) in [6, 6.07) is 6.28. The third-order valence-electron chi connectivity index (χ3n) is 4.85. The zero-order chi connectivity index (χ0) is 17.2. The van der Waals surface area contributed by atoms with Gasteiger partial charge in [-0.15, -0.1) is 12.4 Å². The van der Waals surface area contributed by atoms with Gasteiger partial charge in [-0.05, 0) is 62.4 Å². The van der Waals surface area contributed by atoms with Crippen molar-refractivity contribution in [2.45, 2.75) is 55.5 Å². The maximum absolute atomic E-state index is 12.4. The number of rotatable bonds is 6. The first-order chi connectivity index (χ1) is 11.5. The Morgan fingerprint density at radius 2 is 1.72 bits per heavy atom. The second-order valence-electron chi connectivity index (χ2n) is 6.78. The third-order valence-corrected chi connectivity index (χ3v) is 6.39. The normalized spacial score (nSPS) is 23.6. The van der Waals surface area contributed by atoms with E-state index in [-0.39, 0.29) is 35.3 Å². The van der Waals surface area contributed by atoms with Crippen molar-refractivity contribution in [3.05, 3.63) is 29.8 Å². The van der Waals surface area contributed by atoms with Crippen LogP contribution in [0.5, 0.6) is 0 Å². The number of nitrogens with one attached hydrogen (secondary N) is 2. The summed E-state index contributed by atoms with van der Waals surface area (Å²) in [6.07, 6.45) is 6.05. The smallest absolute Gasteiger partial charge is 0.251 e. The van der Waals surface area contributed by atoms with Gasteiger partial charge in [0, 0.05) is 17.6 Å². The fourth-order valence-corrected chi connectivity index (χ4v) is 4.51. The van der Waals surface area contributed by atoms with Crippen LogP contribution in [0, 0.1) is 5.92 Å². The molecule has 2 aliphatic carbocycles. The molecule has 140 valence electrons. The van der Waals surface area contributed by atoms with Gasteiger partial charge in [0.2, 0.25) is 10.0 Å². The van der Waals surface area contributed by atoms with Crippen molar-refractivity contribution in [2.75, 3.05) is 6.54 Å². The number of sulfonamides is 1. The van der Waals surface area contributed by atoms with E-state index in [4.69, 9.17) is 5.73 Å². The second kappa shape index (κ2) is 8.49. The fourth-order valence-electron chi connectivity index (χ4n) is 3.21. The molecule has 1 aromatic rings. The van der Waals surface area contributed by atoms with Crippen LogP contribution in [0.15, 0.2) is 29.2 Å². The van der Waals surface area contributed by atoms with Crippen molar-refractivity contribution < 1.29 is 13.2 Å². The molecule has 0 saturated heterocycles. The van der Waals surface area contributed by atoms with Gasteiger partial charge in [-0.1, -0.05) is 12.8 Å². The highest BCUT2D eigenvalue weighted by atomic mass is 35.5. The standard InChI is InChI=1S/C17H25N3O3S.ClH/c18-11-13-3-1-2-4-16(13)19-17(21)12-5-9-15(10-6-12)24(22,23)20-14-7-8-14;/h5-6,9-10,13-14,16,20H,1-4,7-8,11,18H2,(H,19,21);1H. The summed E-state index contributed by atoms with van der Waals surface area (Å²) in [5, 5.41) is 3.05. The van der Waals surface area contributed by atoms with E-state index in [0.29, 0.717) is 18.0 Å². The Morgan fingerprint density at radius 3 is 2.32 bits per heavy atom. The maximum Gasteiger partial charge on any atom is 0.251 e. The Bertz CT molecular complexity index is 690. The molecule has 2 saturated carbocycles. The van der Waals surface area contributed by atoms with Gasteiger partial charge in [-0.25, -0.2) is 13.1 Å². The highest BCUT2D eigenvalue weighted by molar-refractivity contribution is 7.89. The summed E-state index contributed by atoms with van der Waals surface area (Å²) in [5.41, 5.74) is 6.27. The zero-order valence-electron chi connectivity index (χ0n) is 14.1. The lowest BCUT2D eigenvalue weighted by Gasteiger charge is -2.31. The van der Waals surface area contributed by atoms with Crippen LogP contribution in [0.1, 0.15) is 48.9 Å². The van der Waals surface area contributed by atoms with Crippen molar-refractivity contribution in [3.8, 4) is 0 Å². The van der Waals surface area contributed by atoms with E-state index >= 15 is 0 Å². The molecule has 2 aliphatic rings. The Hall–Kier alpha value is -1.15. The minimum atomic E-state index is -3.48. The number of benzene rings is 1.